The van der Waals surface area contributed by atoms with Crippen LogP contribution in [0.25, 0.3) is 0 Å². The molecule has 0 aromatic rings. The molecule has 2 heterocycles. The van der Waals surface area contributed by atoms with Crippen molar-refractivity contribution in [3.05, 3.63) is 0 Å². The quantitative estimate of drug-likeness (QED) is 0.633. The lowest BCUT2D eigenvalue weighted by Crippen LogP contribution is -2.48. The summed E-state index contributed by atoms with van der Waals surface area (Å²) in [5.41, 5.74) is 0. The fourth-order valence-electron chi connectivity index (χ4n) is 2.65. The van der Waals surface area contributed by atoms with Crippen molar-refractivity contribution in [1.29, 1.82) is 0 Å². The minimum atomic E-state index is 0.801. The monoisotopic (exact) mass is 168 g/mol. The van der Waals surface area contributed by atoms with E-state index in [1.54, 1.807) is 0 Å². The van der Waals surface area contributed by atoms with E-state index < -0.39 is 0 Å². The Bertz CT molecular complexity index is 141. The third-order valence-electron chi connectivity index (χ3n) is 3.39. The van der Waals surface area contributed by atoms with Crippen molar-refractivity contribution in [3.63, 3.8) is 0 Å². The van der Waals surface area contributed by atoms with Gasteiger partial charge in [-0.3, -0.25) is 0 Å². The lowest BCUT2D eigenvalue weighted by Gasteiger charge is -2.36. The van der Waals surface area contributed by atoms with Gasteiger partial charge in [0.1, 0.15) is 0 Å². The maximum absolute atomic E-state index is 3.62. The lowest BCUT2D eigenvalue weighted by atomic mass is 9.95. The predicted octanol–water partition coefficient (Wildman–Crippen LogP) is 1.22. The van der Waals surface area contributed by atoms with Crippen molar-refractivity contribution >= 4 is 0 Å². The van der Waals surface area contributed by atoms with E-state index in [1.807, 2.05) is 0 Å². The van der Waals surface area contributed by atoms with Gasteiger partial charge in [0.05, 0.1) is 0 Å². The highest BCUT2D eigenvalue weighted by Crippen LogP contribution is 2.22. The van der Waals surface area contributed by atoms with Gasteiger partial charge in [0.25, 0.3) is 0 Å². The molecule has 12 heavy (non-hydrogen) atoms. The number of rotatable bonds is 1. The highest BCUT2D eigenvalue weighted by Gasteiger charge is 2.28. The van der Waals surface area contributed by atoms with Crippen molar-refractivity contribution in [2.75, 3.05) is 20.1 Å². The molecule has 0 radical (unpaired) electrons. The molecule has 2 aliphatic rings. The molecule has 2 atom stereocenters. The summed E-state index contributed by atoms with van der Waals surface area (Å²) in [5, 5.41) is 3.62. The Kier molecular flexibility index (Phi) is 2.66. The standard InChI is InChI=1S/C10H20N2/c1-12-8-3-2-6-10(12)9-5-4-7-11-9/h9-11H,2-8H2,1H3/t9-,10+/m1/s1. The summed E-state index contributed by atoms with van der Waals surface area (Å²) >= 11 is 0. The summed E-state index contributed by atoms with van der Waals surface area (Å²) in [6.45, 7) is 2.55. The molecule has 70 valence electrons. The highest BCUT2D eigenvalue weighted by atomic mass is 15.2. The van der Waals surface area contributed by atoms with E-state index in [4.69, 9.17) is 0 Å². The smallest absolute Gasteiger partial charge is 0.0246 e. The van der Waals surface area contributed by atoms with Crippen molar-refractivity contribution in [1.82, 2.24) is 10.2 Å². The van der Waals surface area contributed by atoms with Gasteiger partial charge in [-0.25, -0.2) is 0 Å². The first-order valence-corrected chi connectivity index (χ1v) is 5.31. The van der Waals surface area contributed by atoms with E-state index in [9.17, 15) is 0 Å². The second-order valence-electron chi connectivity index (χ2n) is 4.25. The van der Waals surface area contributed by atoms with Gasteiger partial charge in [-0.15, -0.1) is 0 Å². The molecule has 0 saturated carbocycles. The zero-order valence-electron chi connectivity index (χ0n) is 8.05. The van der Waals surface area contributed by atoms with Crippen LogP contribution in [0.4, 0.5) is 0 Å². The van der Waals surface area contributed by atoms with Crippen LogP contribution in [0.2, 0.25) is 0 Å². The first kappa shape index (κ1) is 8.52. The molecule has 0 bridgehead atoms. The van der Waals surface area contributed by atoms with Gasteiger partial charge in [0, 0.05) is 12.1 Å². The average molecular weight is 168 g/mol. The van der Waals surface area contributed by atoms with Crippen LogP contribution in [-0.2, 0) is 0 Å². The maximum Gasteiger partial charge on any atom is 0.0246 e. The van der Waals surface area contributed by atoms with Gasteiger partial charge in [0.15, 0.2) is 0 Å². The van der Waals surface area contributed by atoms with E-state index in [1.165, 1.54) is 45.2 Å². The van der Waals surface area contributed by atoms with Crippen LogP contribution in [-0.4, -0.2) is 37.1 Å². The average Bonchev–Trinajstić information content (AvgIpc) is 2.57. The number of piperidine rings is 1. The molecule has 2 aliphatic heterocycles. The molecule has 2 fully saturated rings. The molecule has 2 saturated heterocycles. The molecular formula is C10H20N2. The number of hydrogen-bond acceptors (Lipinski definition) is 2. The number of nitrogens with zero attached hydrogens (tertiary/aromatic N) is 1. The summed E-state index contributed by atoms with van der Waals surface area (Å²) in [6, 6.07) is 1.64. The van der Waals surface area contributed by atoms with Gasteiger partial charge in [-0.2, -0.15) is 0 Å². The van der Waals surface area contributed by atoms with E-state index >= 15 is 0 Å². The molecule has 0 unspecified atom stereocenters. The molecule has 0 aromatic carbocycles. The van der Waals surface area contributed by atoms with Gasteiger partial charge < -0.3 is 10.2 Å². The molecule has 0 aromatic heterocycles. The largest absolute Gasteiger partial charge is 0.312 e. The molecule has 1 N–H and O–H groups in total. The molecule has 0 aliphatic carbocycles. The van der Waals surface area contributed by atoms with Gasteiger partial charge in [0.2, 0.25) is 0 Å². The van der Waals surface area contributed by atoms with Crippen LogP contribution < -0.4 is 5.32 Å². The van der Waals surface area contributed by atoms with Crippen LogP contribution in [0.1, 0.15) is 32.1 Å². The first-order chi connectivity index (χ1) is 5.88. The fourth-order valence-corrected chi connectivity index (χ4v) is 2.65. The van der Waals surface area contributed by atoms with Crippen LogP contribution in [0.15, 0.2) is 0 Å². The second kappa shape index (κ2) is 3.75. The first-order valence-electron chi connectivity index (χ1n) is 5.31. The number of likely N-dealkylation sites (N-methyl/N-ethyl adjacent to an activating group) is 1. The van der Waals surface area contributed by atoms with Crippen LogP contribution in [0.3, 0.4) is 0 Å². The Morgan fingerprint density at radius 1 is 1.17 bits per heavy atom. The number of nitrogens with one attached hydrogen (secondary N) is 1. The fraction of sp³-hybridized carbons (Fsp3) is 1.00. The van der Waals surface area contributed by atoms with Crippen molar-refractivity contribution in [2.24, 2.45) is 0 Å². The summed E-state index contributed by atoms with van der Waals surface area (Å²) in [7, 11) is 2.28. The van der Waals surface area contributed by atoms with Crippen molar-refractivity contribution < 1.29 is 0 Å². The van der Waals surface area contributed by atoms with E-state index in [0.717, 1.165) is 12.1 Å². The zero-order valence-corrected chi connectivity index (χ0v) is 8.05. The number of hydrogen-bond donors (Lipinski definition) is 1. The van der Waals surface area contributed by atoms with Crippen molar-refractivity contribution in [2.45, 2.75) is 44.2 Å². The highest BCUT2D eigenvalue weighted by molar-refractivity contribution is 4.89. The summed E-state index contributed by atoms with van der Waals surface area (Å²) in [6.07, 6.45) is 7.03. The molecule has 2 heteroatoms. The summed E-state index contributed by atoms with van der Waals surface area (Å²) in [4.78, 5) is 2.55. The topological polar surface area (TPSA) is 15.3 Å². The summed E-state index contributed by atoms with van der Waals surface area (Å²) in [5.74, 6) is 0. The predicted molar refractivity (Wildman–Crippen MR) is 51.3 cm³/mol. The lowest BCUT2D eigenvalue weighted by molar-refractivity contribution is 0.152. The normalized spacial score (nSPS) is 38.8. The van der Waals surface area contributed by atoms with E-state index in [-0.39, 0.29) is 0 Å². The van der Waals surface area contributed by atoms with Gasteiger partial charge >= 0.3 is 0 Å². The third-order valence-corrected chi connectivity index (χ3v) is 3.39. The van der Waals surface area contributed by atoms with Crippen LogP contribution >= 0.6 is 0 Å². The molecular weight excluding hydrogens is 148 g/mol. The minimum absolute atomic E-state index is 0.801. The zero-order chi connectivity index (χ0) is 8.39. The Hall–Kier alpha value is -0.0800. The maximum atomic E-state index is 3.62. The number of likely N-dealkylation sites (tertiary alicyclic amines) is 1. The molecule has 0 spiro atoms. The summed E-state index contributed by atoms with van der Waals surface area (Å²) < 4.78 is 0. The van der Waals surface area contributed by atoms with E-state index in [2.05, 4.69) is 17.3 Å². The Labute approximate surface area is 75.3 Å². The SMILES string of the molecule is CN1CCCC[C@H]1[C@H]1CCCN1. The Morgan fingerprint density at radius 3 is 2.75 bits per heavy atom. The minimum Gasteiger partial charge on any atom is -0.312 e. The molecule has 2 nitrogen and oxygen atoms in total. The molecule has 0 amide bonds. The van der Waals surface area contributed by atoms with Crippen molar-refractivity contribution in [3.8, 4) is 0 Å². The Morgan fingerprint density at radius 2 is 2.08 bits per heavy atom. The molecule has 2 rings (SSSR count). The second-order valence-corrected chi connectivity index (χ2v) is 4.25. The third kappa shape index (κ3) is 1.64. The van der Waals surface area contributed by atoms with Gasteiger partial charge in [-0.05, 0) is 45.8 Å². The van der Waals surface area contributed by atoms with Crippen LogP contribution in [0, 0.1) is 0 Å². The Balaban J connectivity index is 1.91. The van der Waals surface area contributed by atoms with E-state index in [0.29, 0.717) is 0 Å². The van der Waals surface area contributed by atoms with Crippen LogP contribution in [0.5, 0.6) is 0 Å². The van der Waals surface area contributed by atoms with Gasteiger partial charge in [-0.1, -0.05) is 6.42 Å².